The van der Waals surface area contributed by atoms with Gasteiger partial charge in [-0.2, -0.15) is 0 Å². The molecule has 3 aliphatic rings. The van der Waals surface area contributed by atoms with Gasteiger partial charge in [0.15, 0.2) is 42.8 Å². The fraction of sp³-hybridized carbons (Fsp3) is 0.590. The summed E-state index contributed by atoms with van der Waals surface area (Å²) in [5.41, 5.74) is 1.31. The molecule has 2 heterocycles. The number of ether oxygens (including phenoxy) is 1. The molecule has 0 unspecified atom stereocenters. The molecule has 2 aliphatic heterocycles. The zero-order chi connectivity index (χ0) is 41.0. The molecule has 3 fully saturated rings. The van der Waals surface area contributed by atoms with Gasteiger partial charge in [0.05, 0.1) is 29.6 Å². The Kier molecular flexibility index (Phi) is 17.7. The molecule has 3 N–H and O–H groups in total. The van der Waals surface area contributed by atoms with Gasteiger partial charge in [-0.15, -0.1) is 0 Å². The summed E-state index contributed by atoms with van der Waals surface area (Å²) >= 11 is 0. The van der Waals surface area contributed by atoms with Crippen LogP contribution in [0.5, 0.6) is 11.5 Å². The van der Waals surface area contributed by atoms with Crippen LogP contribution in [0.2, 0.25) is 0 Å². The predicted octanol–water partition coefficient (Wildman–Crippen LogP) is 5.26. The molecule has 0 radical (unpaired) electrons. The highest BCUT2D eigenvalue weighted by atomic mass is 32.2. The molecule has 2 atom stereocenters. The van der Waals surface area contributed by atoms with Crippen molar-refractivity contribution >= 4 is 43.6 Å². The van der Waals surface area contributed by atoms with Crippen molar-refractivity contribution in [2.24, 2.45) is 5.92 Å². The molecule has 6 amide bonds. The van der Waals surface area contributed by atoms with Crippen molar-refractivity contribution in [3.8, 4) is 11.5 Å². The van der Waals surface area contributed by atoms with Crippen LogP contribution in [0.3, 0.4) is 0 Å². The summed E-state index contributed by atoms with van der Waals surface area (Å²) in [6.07, 6.45) is 5.73. The number of sulfone groups is 2. The van der Waals surface area contributed by atoms with E-state index in [0.29, 0.717) is 69.7 Å². The van der Waals surface area contributed by atoms with Crippen LogP contribution in [0.15, 0.2) is 36.4 Å². The Morgan fingerprint density at radius 3 is 1.60 bits per heavy atom. The summed E-state index contributed by atoms with van der Waals surface area (Å²) in [6, 6.07) is 7.60. The number of phenolic OH excluding ortho intramolecular Hbond substituents is 1. The fourth-order valence-corrected chi connectivity index (χ4v) is 9.85. The highest BCUT2D eigenvalue weighted by Gasteiger charge is 2.27. The van der Waals surface area contributed by atoms with Crippen molar-refractivity contribution in [1.82, 2.24) is 20.4 Å². The van der Waals surface area contributed by atoms with E-state index < -0.39 is 43.1 Å². The van der Waals surface area contributed by atoms with Gasteiger partial charge in [-0.05, 0) is 91.7 Å². The SMILES string of the molecule is C.C[C@@H](CS(=O)(=O)CCCCCN1CC(=O)NC1=O)c1ccc(F)c(O)c1.C[C@@H](CS(=O)(=O)CCCCCN1CC(=O)NC1=O)c1ccc(F)c(OCC2CC2)c1. The third-order valence-electron chi connectivity index (χ3n) is 9.75. The number of imide groups is 2. The topological polar surface area (TPSA) is 197 Å². The molecule has 2 aromatic rings. The number of benzene rings is 2. The number of carbonyl (C=O) groups excluding carboxylic acids is 4. The first kappa shape index (κ1) is 47.1. The molecule has 0 spiro atoms. The molecule has 0 aromatic heterocycles. The number of urea groups is 2. The zero-order valence-corrected chi connectivity index (χ0v) is 33.4. The second-order valence-corrected chi connectivity index (χ2v) is 19.3. The van der Waals surface area contributed by atoms with Gasteiger partial charge in [0.25, 0.3) is 0 Å². The lowest BCUT2D eigenvalue weighted by Gasteiger charge is -2.15. The van der Waals surface area contributed by atoms with E-state index in [1.807, 2.05) is 6.92 Å². The first-order chi connectivity index (χ1) is 26.4. The highest BCUT2D eigenvalue weighted by molar-refractivity contribution is 7.91. The van der Waals surface area contributed by atoms with Crippen molar-refractivity contribution in [3.63, 3.8) is 0 Å². The lowest BCUT2D eigenvalue weighted by atomic mass is 10.0. The average Bonchev–Trinajstić information content (AvgIpc) is 3.81. The normalized spacial score (nSPS) is 16.7. The standard InChI is InChI=1S/C21H29FN2O5S.C17H23FN2O5S.CH4/c1-15(17-7-8-18(22)19(11-17)29-13-16-5-6-16)14-30(27,28)10-4-2-3-9-24-12-20(25)23-21(24)26;1-12(13-5-6-14(18)15(21)9-13)11-26(24,25)8-4-2-3-7-20-10-16(22)19-17(20)23;/h7-8,11,15-16H,2-6,9-10,12-14H2,1H3,(H,23,25,26);5-6,9,12,21H,2-4,7-8,10-11H2,1H3,(H,19,22,23);1H4/t15-;12-;/m00./s1. The largest absolute Gasteiger partial charge is 0.505 e. The van der Waals surface area contributed by atoms with E-state index in [1.54, 1.807) is 19.1 Å². The summed E-state index contributed by atoms with van der Waals surface area (Å²) in [5.74, 6) is -2.22. The molecule has 0 bridgehead atoms. The van der Waals surface area contributed by atoms with Gasteiger partial charge in [0.2, 0.25) is 11.8 Å². The lowest BCUT2D eigenvalue weighted by Crippen LogP contribution is -2.29. The van der Waals surface area contributed by atoms with Gasteiger partial charge in [0, 0.05) is 13.1 Å². The molecule has 1 aliphatic carbocycles. The third-order valence-corrected chi connectivity index (χ3v) is 13.6. The summed E-state index contributed by atoms with van der Waals surface area (Å²) in [6.45, 7) is 5.01. The number of hydrogen-bond donors (Lipinski definition) is 3. The number of phenols is 1. The van der Waals surface area contributed by atoms with E-state index in [1.165, 1.54) is 28.0 Å². The van der Waals surface area contributed by atoms with Gasteiger partial charge in [-0.1, -0.05) is 46.2 Å². The van der Waals surface area contributed by atoms with Crippen LogP contribution in [0.25, 0.3) is 0 Å². The fourth-order valence-electron chi connectivity index (χ4n) is 6.32. The minimum atomic E-state index is -3.29. The first-order valence-corrected chi connectivity index (χ1v) is 22.5. The van der Waals surface area contributed by atoms with E-state index in [0.717, 1.165) is 24.5 Å². The quantitative estimate of drug-likeness (QED) is 0.110. The van der Waals surface area contributed by atoms with Gasteiger partial charge in [0.1, 0.15) is 13.1 Å². The Morgan fingerprint density at radius 2 is 1.18 bits per heavy atom. The molecular formula is C39H56F2N4O10S2. The van der Waals surface area contributed by atoms with E-state index in [2.05, 4.69) is 10.6 Å². The van der Waals surface area contributed by atoms with Crippen LogP contribution < -0.4 is 15.4 Å². The summed E-state index contributed by atoms with van der Waals surface area (Å²) in [4.78, 5) is 47.8. The third kappa shape index (κ3) is 15.9. The Hall–Kier alpha value is -4.32. The Labute approximate surface area is 334 Å². The molecule has 2 aromatic carbocycles. The lowest BCUT2D eigenvalue weighted by molar-refractivity contribution is -0.119. The number of carbonyl (C=O) groups is 4. The maximum atomic E-state index is 13.9. The molecule has 318 valence electrons. The first-order valence-electron chi connectivity index (χ1n) is 18.9. The van der Waals surface area contributed by atoms with Crippen molar-refractivity contribution in [1.29, 1.82) is 0 Å². The Morgan fingerprint density at radius 1 is 0.719 bits per heavy atom. The number of hydrogen-bond acceptors (Lipinski definition) is 10. The van der Waals surface area contributed by atoms with Gasteiger partial charge >= 0.3 is 12.1 Å². The predicted molar refractivity (Wildman–Crippen MR) is 211 cm³/mol. The summed E-state index contributed by atoms with van der Waals surface area (Å²) < 4.78 is 82.0. The molecule has 18 heteroatoms. The molecule has 57 heavy (non-hydrogen) atoms. The van der Waals surface area contributed by atoms with E-state index in [4.69, 9.17) is 4.74 Å². The second kappa shape index (κ2) is 21.4. The van der Waals surface area contributed by atoms with Crippen molar-refractivity contribution < 1.29 is 54.6 Å². The molecule has 2 saturated heterocycles. The van der Waals surface area contributed by atoms with Crippen LogP contribution in [-0.4, -0.2) is 111 Å². The highest BCUT2D eigenvalue weighted by Crippen LogP contribution is 2.31. The van der Waals surface area contributed by atoms with Crippen molar-refractivity contribution in [3.05, 3.63) is 59.2 Å². The molecule has 5 rings (SSSR count). The van der Waals surface area contributed by atoms with E-state index in [9.17, 15) is 49.9 Å². The maximum absolute atomic E-state index is 13.9. The number of nitrogens with zero attached hydrogens (tertiary/aromatic N) is 2. The van der Waals surface area contributed by atoms with E-state index >= 15 is 0 Å². The minimum Gasteiger partial charge on any atom is -0.505 e. The van der Waals surface area contributed by atoms with Crippen LogP contribution in [0, 0.1) is 17.6 Å². The second-order valence-electron chi connectivity index (χ2n) is 14.9. The van der Waals surface area contributed by atoms with E-state index in [-0.39, 0.29) is 79.0 Å². The summed E-state index contributed by atoms with van der Waals surface area (Å²) in [7, 11) is -6.56. The Balaban J connectivity index is 0.000000303. The van der Waals surface area contributed by atoms with Crippen molar-refractivity contribution in [2.45, 2.75) is 84.5 Å². The molecule has 1 saturated carbocycles. The zero-order valence-electron chi connectivity index (χ0n) is 31.8. The van der Waals surface area contributed by atoms with Gasteiger partial charge < -0.3 is 19.6 Å². The summed E-state index contributed by atoms with van der Waals surface area (Å²) in [5, 5.41) is 13.8. The molecule has 14 nitrogen and oxygen atoms in total. The number of unbranched alkanes of at least 4 members (excludes halogenated alkanes) is 4. The van der Waals surface area contributed by atoms with Crippen LogP contribution in [-0.2, 0) is 29.3 Å². The average molecular weight is 843 g/mol. The molecular weight excluding hydrogens is 787 g/mol. The maximum Gasteiger partial charge on any atom is 0.324 e. The minimum absolute atomic E-state index is 0. The Bertz CT molecular complexity index is 1940. The van der Waals surface area contributed by atoms with Gasteiger partial charge in [-0.25, -0.2) is 35.2 Å². The number of amides is 6. The monoisotopic (exact) mass is 842 g/mol. The number of nitrogens with one attached hydrogen (secondary N) is 2. The number of halogens is 2. The smallest absolute Gasteiger partial charge is 0.324 e. The number of aromatic hydroxyl groups is 1. The number of rotatable bonds is 21. The van der Waals surface area contributed by atoms with Gasteiger partial charge in [-0.3, -0.25) is 20.2 Å². The van der Waals surface area contributed by atoms with Crippen molar-refractivity contribution in [2.75, 3.05) is 55.8 Å². The van der Waals surface area contributed by atoms with Crippen LogP contribution in [0.4, 0.5) is 18.4 Å². The van der Waals surface area contributed by atoms with Crippen LogP contribution in [0.1, 0.15) is 95.6 Å². The van der Waals surface area contributed by atoms with Crippen LogP contribution >= 0.6 is 0 Å².